The number of carbonyl (C=O) groups excluding carboxylic acids is 1. The van der Waals surface area contributed by atoms with E-state index in [1.165, 1.54) is 5.56 Å². The summed E-state index contributed by atoms with van der Waals surface area (Å²) in [5.74, 6) is 1.71. The normalized spacial score (nSPS) is 21.3. The predicted molar refractivity (Wildman–Crippen MR) is 166 cm³/mol. The van der Waals surface area contributed by atoms with E-state index < -0.39 is 10.0 Å². The van der Waals surface area contributed by atoms with Gasteiger partial charge in [-0.3, -0.25) is 4.79 Å². The number of ether oxygens (including phenoxy) is 2. The summed E-state index contributed by atoms with van der Waals surface area (Å²) in [5, 5.41) is 3.08. The third kappa shape index (κ3) is 7.54. The zero-order chi connectivity index (χ0) is 30.4. The summed E-state index contributed by atoms with van der Waals surface area (Å²) in [5.41, 5.74) is 3.63. The molecule has 8 nitrogen and oxygen atoms in total. The number of hydrogen-bond donors (Lipinski definition) is 1. The summed E-state index contributed by atoms with van der Waals surface area (Å²) in [4.78, 5) is 15.3. The topological polar surface area (TPSA) is 88.2 Å². The van der Waals surface area contributed by atoms with E-state index >= 15 is 0 Å². The molecule has 2 fully saturated rings. The molecule has 2 aromatic carbocycles. The van der Waals surface area contributed by atoms with Crippen molar-refractivity contribution in [1.82, 2.24) is 14.5 Å². The van der Waals surface area contributed by atoms with Crippen LogP contribution in [0, 0.1) is 32.6 Å². The van der Waals surface area contributed by atoms with Gasteiger partial charge in [-0.15, -0.1) is 0 Å². The van der Waals surface area contributed by atoms with Crippen LogP contribution in [0.1, 0.15) is 66.8 Å². The van der Waals surface area contributed by atoms with E-state index in [4.69, 9.17) is 9.47 Å². The highest BCUT2D eigenvalue weighted by molar-refractivity contribution is 7.89. The molecule has 1 aliphatic heterocycles. The molecule has 4 rings (SSSR count). The average molecular weight is 600 g/mol. The minimum atomic E-state index is -3.64. The van der Waals surface area contributed by atoms with Crippen molar-refractivity contribution < 1.29 is 22.7 Å². The van der Waals surface area contributed by atoms with Gasteiger partial charge in [0.05, 0.1) is 18.1 Å². The fourth-order valence-corrected chi connectivity index (χ4v) is 8.81. The molecule has 2 aliphatic rings. The number of amides is 1. The zero-order valence-electron chi connectivity index (χ0n) is 26.2. The summed E-state index contributed by atoms with van der Waals surface area (Å²) >= 11 is 0. The largest absolute Gasteiger partial charge is 0.496 e. The Bertz CT molecular complexity index is 1300. The molecule has 1 heterocycles. The van der Waals surface area contributed by atoms with Crippen LogP contribution in [0.3, 0.4) is 0 Å². The smallest absolute Gasteiger partial charge is 0.246 e. The lowest BCUT2D eigenvalue weighted by Gasteiger charge is -2.37. The molecule has 2 aromatic rings. The van der Waals surface area contributed by atoms with Crippen molar-refractivity contribution in [2.45, 2.75) is 76.3 Å². The van der Waals surface area contributed by atoms with Crippen LogP contribution in [-0.2, 0) is 19.6 Å². The van der Waals surface area contributed by atoms with Crippen molar-refractivity contribution in [3.8, 4) is 5.75 Å². The second-order valence-corrected chi connectivity index (χ2v) is 14.2. The molecule has 42 heavy (non-hydrogen) atoms. The Morgan fingerprint density at radius 3 is 2.24 bits per heavy atom. The van der Waals surface area contributed by atoms with Gasteiger partial charge in [0.2, 0.25) is 15.9 Å². The van der Waals surface area contributed by atoms with Crippen molar-refractivity contribution in [3.05, 3.63) is 58.7 Å². The van der Waals surface area contributed by atoms with Crippen LogP contribution in [0.15, 0.2) is 41.3 Å². The molecule has 1 aliphatic carbocycles. The number of aryl methyl sites for hydroxylation is 1. The Morgan fingerprint density at radius 1 is 1.00 bits per heavy atom. The summed E-state index contributed by atoms with van der Waals surface area (Å²) < 4.78 is 39.9. The molecular weight excluding hydrogens is 550 g/mol. The molecular formula is C33H49N3O5S. The summed E-state index contributed by atoms with van der Waals surface area (Å²) in [7, 11) is 2.29. The third-order valence-electron chi connectivity index (χ3n) is 9.27. The number of methoxy groups -OCH3 is 1. The molecule has 1 unspecified atom stereocenters. The predicted octanol–water partition coefficient (Wildman–Crippen LogP) is 5.02. The molecule has 9 heteroatoms. The van der Waals surface area contributed by atoms with Gasteiger partial charge >= 0.3 is 0 Å². The van der Waals surface area contributed by atoms with Gasteiger partial charge in [-0.1, -0.05) is 30.3 Å². The number of rotatable bonds is 11. The van der Waals surface area contributed by atoms with Crippen LogP contribution in [0.5, 0.6) is 5.75 Å². The molecule has 0 radical (unpaired) electrons. The fourth-order valence-electron chi connectivity index (χ4n) is 6.85. The quantitative estimate of drug-likeness (QED) is 0.391. The van der Waals surface area contributed by atoms with Crippen molar-refractivity contribution in [2.75, 3.05) is 47.4 Å². The van der Waals surface area contributed by atoms with Gasteiger partial charge in [0.25, 0.3) is 0 Å². The molecule has 1 saturated carbocycles. The molecule has 1 amide bonds. The number of piperidine rings is 1. The summed E-state index contributed by atoms with van der Waals surface area (Å²) in [6.07, 6.45) is 5.55. The van der Waals surface area contributed by atoms with Gasteiger partial charge in [-0.25, -0.2) is 8.42 Å². The Labute approximate surface area is 252 Å². The summed E-state index contributed by atoms with van der Waals surface area (Å²) in [6.45, 7) is 6.98. The van der Waals surface area contributed by atoms with Crippen LogP contribution in [0.2, 0.25) is 0 Å². The lowest BCUT2D eigenvalue weighted by atomic mass is 9.76. The first-order valence-corrected chi connectivity index (χ1v) is 16.7. The van der Waals surface area contributed by atoms with Gasteiger partial charge < -0.3 is 19.7 Å². The monoisotopic (exact) mass is 599 g/mol. The second kappa shape index (κ2) is 14.3. The second-order valence-electron chi connectivity index (χ2n) is 12.3. The SMILES string of the molecule is COc1cc(C)c(S(=O)(=O)N2CCC(OCC(=O)NCC3CCC(C(c4ccccc4)N(C)C)CC3)CC2)c(C)c1C. The first kappa shape index (κ1) is 32.5. The summed E-state index contributed by atoms with van der Waals surface area (Å²) in [6, 6.07) is 13.0. The van der Waals surface area contributed by atoms with E-state index in [9.17, 15) is 13.2 Å². The maximum absolute atomic E-state index is 13.5. The highest BCUT2D eigenvalue weighted by atomic mass is 32.2. The Kier molecular flexibility index (Phi) is 11.1. The van der Waals surface area contributed by atoms with Crippen molar-refractivity contribution >= 4 is 15.9 Å². The molecule has 0 aromatic heterocycles. The zero-order valence-corrected chi connectivity index (χ0v) is 27.0. The van der Waals surface area contributed by atoms with Crippen LogP contribution in [0.4, 0.5) is 0 Å². The fraction of sp³-hybridized carbons (Fsp3) is 0.606. The molecule has 0 bridgehead atoms. The van der Waals surface area contributed by atoms with Crippen LogP contribution in [0.25, 0.3) is 0 Å². The lowest BCUT2D eigenvalue weighted by Crippen LogP contribution is -2.42. The van der Waals surface area contributed by atoms with Crippen LogP contribution < -0.4 is 10.1 Å². The Hall–Kier alpha value is -2.46. The van der Waals surface area contributed by atoms with Gasteiger partial charge in [0.1, 0.15) is 12.4 Å². The van der Waals surface area contributed by atoms with Crippen molar-refractivity contribution in [3.63, 3.8) is 0 Å². The van der Waals surface area contributed by atoms with Gasteiger partial charge in [-0.2, -0.15) is 4.31 Å². The third-order valence-corrected chi connectivity index (χ3v) is 11.5. The van der Waals surface area contributed by atoms with Crippen molar-refractivity contribution in [1.29, 1.82) is 0 Å². The maximum atomic E-state index is 13.5. The number of nitrogens with zero attached hydrogens (tertiary/aromatic N) is 2. The van der Waals surface area contributed by atoms with E-state index in [1.54, 1.807) is 17.5 Å². The van der Waals surface area contributed by atoms with Crippen molar-refractivity contribution in [2.24, 2.45) is 11.8 Å². The van der Waals surface area contributed by atoms with E-state index in [-0.39, 0.29) is 18.6 Å². The van der Waals surface area contributed by atoms with E-state index in [0.29, 0.717) is 66.6 Å². The van der Waals surface area contributed by atoms with E-state index in [0.717, 1.165) is 36.8 Å². The van der Waals surface area contributed by atoms with Gasteiger partial charge in [0.15, 0.2) is 0 Å². The maximum Gasteiger partial charge on any atom is 0.246 e. The molecule has 1 N–H and O–H groups in total. The molecule has 0 spiro atoms. The number of carbonyl (C=O) groups is 1. The van der Waals surface area contributed by atoms with E-state index in [2.05, 4.69) is 54.6 Å². The highest BCUT2D eigenvalue weighted by Crippen LogP contribution is 2.39. The van der Waals surface area contributed by atoms with Gasteiger partial charge in [0, 0.05) is 25.7 Å². The standard InChI is InChI=1S/C33H49N3O5S/c1-23-20-30(40-6)24(2)25(3)33(23)42(38,39)36-18-16-29(17-19-36)41-22-31(37)34-21-26-12-14-28(15-13-26)32(35(4)5)27-10-8-7-9-11-27/h7-11,20,26,28-29,32H,12-19,21-22H2,1-6H3,(H,34,37). The highest BCUT2D eigenvalue weighted by Gasteiger charge is 2.33. The number of benzene rings is 2. The average Bonchev–Trinajstić information content (AvgIpc) is 2.98. The van der Waals surface area contributed by atoms with E-state index in [1.807, 2.05) is 20.8 Å². The minimum absolute atomic E-state index is 0.0133. The number of nitrogens with one attached hydrogen (secondary N) is 1. The Morgan fingerprint density at radius 2 is 1.64 bits per heavy atom. The molecule has 232 valence electrons. The minimum Gasteiger partial charge on any atom is -0.496 e. The lowest BCUT2D eigenvalue weighted by molar-refractivity contribution is -0.128. The molecule has 1 atom stereocenters. The van der Waals surface area contributed by atoms with Crippen LogP contribution in [-0.4, -0.2) is 77.1 Å². The number of sulfonamides is 1. The number of hydrogen-bond acceptors (Lipinski definition) is 6. The Balaban J connectivity index is 1.19. The van der Waals surface area contributed by atoms with Crippen LogP contribution >= 0.6 is 0 Å². The van der Waals surface area contributed by atoms with Gasteiger partial charge in [-0.05, 0) is 114 Å². The first-order valence-electron chi connectivity index (χ1n) is 15.3. The molecule has 1 saturated heterocycles. The first-order chi connectivity index (χ1) is 20.0.